The van der Waals surface area contributed by atoms with Gasteiger partial charge in [0.05, 0.1) is 0 Å². The first-order valence-electron chi connectivity index (χ1n) is 6.46. The van der Waals surface area contributed by atoms with Crippen LogP contribution in [0.5, 0.6) is 0 Å². The Kier molecular flexibility index (Phi) is 4.51. The third-order valence-electron chi connectivity index (χ3n) is 3.52. The molecule has 94 valence electrons. The van der Waals surface area contributed by atoms with Gasteiger partial charge in [0.2, 0.25) is 0 Å². The van der Waals surface area contributed by atoms with Gasteiger partial charge in [0, 0.05) is 18.7 Å². The first kappa shape index (κ1) is 12.5. The van der Waals surface area contributed by atoms with Crippen molar-refractivity contribution in [3.63, 3.8) is 0 Å². The van der Waals surface area contributed by atoms with E-state index in [0.717, 1.165) is 24.6 Å². The fourth-order valence-electron chi connectivity index (χ4n) is 2.42. The summed E-state index contributed by atoms with van der Waals surface area (Å²) in [5, 5.41) is 3.36. The van der Waals surface area contributed by atoms with E-state index in [1.165, 1.54) is 25.6 Å². The van der Waals surface area contributed by atoms with Gasteiger partial charge in [-0.15, -0.1) is 0 Å². The summed E-state index contributed by atoms with van der Waals surface area (Å²) in [4.78, 5) is 2.47. The predicted molar refractivity (Wildman–Crippen MR) is 68.3 cm³/mol. The highest BCUT2D eigenvalue weighted by molar-refractivity contribution is 5.16. The van der Waals surface area contributed by atoms with Crippen molar-refractivity contribution in [2.24, 2.45) is 5.92 Å². The van der Waals surface area contributed by atoms with Gasteiger partial charge in [-0.1, -0.05) is 25.1 Å². The van der Waals surface area contributed by atoms with Crippen LogP contribution in [-0.4, -0.2) is 31.1 Å². The van der Waals surface area contributed by atoms with Crippen molar-refractivity contribution in [3.8, 4) is 0 Å². The van der Waals surface area contributed by atoms with Crippen molar-refractivity contribution in [3.05, 3.63) is 35.6 Å². The highest BCUT2D eigenvalue weighted by atomic mass is 19.1. The van der Waals surface area contributed by atoms with E-state index in [-0.39, 0.29) is 5.82 Å². The van der Waals surface area contributed by atoms with Gasteiger partial charge >= 0.3 is 0 Å². The predicted octanol–water partition coefficient (Wildman–Crippen LogP) is 2.26. The fraction of sp³-hybridized carbons (Fsp3) is 0.571. The molecule has 17 heavy (non-hydrogen) atoms. The lowest BCUT2D eigenvalue weighted by Crippen LogP contribution is -2.26. The number of rotatable bonds is 5. The zero-order chi connectivity index (χ0) is 12.1. The summed E-state index contributed by atoms with van der Waals surface area (Å²) in [7, 11) is 0. The molecule has 1 N–H and O–H groups in total. The lowest BCUT2D eigenvalue weighted by atomic mass is 10.1. The smallest absolute Gasteiger partial charge is 0.127 e. The van der Waals surface area contributed by atoms with Gasteiger partial charge in [0.25, 0.3) is 0 Å². The fourth-order valence-corrected chi connectivity index (χ4v) is 2.42. The van der Waals surface area contributed by atoms with Gasteiger partial charge in [0.1, 0.15) is 5.82 Å². The third-order valence-corrected chi connectivity index (χ3v) is 3.52. The summed E-state index contributed by atoms with van der Waals surface area (Å²) in [5.74, 6) is 0.614. The number of hydrogen-bond donors (Lipinski definition) is 1. The van der Waals surface area contributed by atoms with Gasteiger partial charge < -0.3 is 10.2 Å². The Hall–Kier alpha value is -0.930. The Balaban J connectivity index is 1.72. The van der Waals surface area contributed by atoms with Crippen molar-refractivity contribution in [2.45, 2.75) is 19.9 Å². The maximum Gasteiger partial charge on any atom is 0.127 e. The van der Waals surface area contributed by atoms with E-state index < -0.39 is 0 Å². The maximum atomic E-state index is 13.4. The van der Waals surface area contributed by atoms with Crippen LogP contribution in [-0.2, 0) is 6.54 Å². The monoisotopic (exact) mass is 236 g/mol. The van der Waals surface area contributed by atoms with Crippen LogP contribution in [0.1, 0.15) is 18.9 Å². The molecule has 2 nitrogen and oxygen atoms in total. The van der Waals surface area contributed by atoms with Crippen molar-refractivity contribution >= 4 is 0 Å². The first-order chi connectivity index (χ1) is 8.29. The molecule has 1 aromatic carbocycles. The average molecular weight is 236 g/mol. The number of hydrogen-bond acceptors (Lipinski definition) is 2. The van der Waals surface area contributed by atoms with E-state index in [9.17, 15) is 4.39 Å². The van der Waals surface area contributed by atoms with Crippen LogP contribution >= 0.6 is 0 Å². The van der Waals surface area contributed by atoms with Gasteiger partial charge in [-0.05, 0) is 38.0 Å². The standard InChI is InChI=1S/C14H21FN2/c1-2-17-8-7-12(11-17)9-16-10-13-5-3-4-6-14(13)15/h3-6,12,16H,2,7-11H2,1H3/t12-/m0/s1. The van der Waals surface area contributed by atoms with E-state index in [2.05, 4.69) is 17.1 Å². The zero-order valence-corrected chi connectivity index (χ0v) is 10.5. The van der Waals surface area contributed by atoms with Crippen molar-refractivity contribution in [1.29, 1.82) is 0 Å². The van der Waals surface area contributed by atoms with Gasteiger partial charge in [0.15, 0.2) is 0 Å². The molecule has 0 radical (unpaired) electrons. The molecule has 2 rings (SSSR count). The summed E-state index contributed by atoms with van der Waals surface area (Å²) >= 11 is 0. The van der Waals surface area contributed by atoms with Gasteiger partial charge in [-0.2, -0.15) is 0 Å². The normalized spacial score (nSPS) is 20.9. The van der Waals surface area contributed by atoms with E-state index in [4.69, 9.17) is 0 Å². The van der Waals surface area contributed by atoms with Crippen molar-refractivity contribution in [1.82, 2.24) is 10.2 Å². The van der Waals surface area contributed by atoms with Crippen LogP contribution in [0, 0.1) is 11.7 Å². The van der Waals surface area contributed by atoms with Gasteiger partial charge in [-0.3, -0.25) is 0 Å². The molecule has 1 aliphatic rings. The summed E-state index contributed by atoms with van der Waals surface area (Å²) in [6.07, 6.45) is 1.26. The Bertz CT molecular complexity index is 354. The SMILES string of the molecule is CCN1CC[C@@H](CNCc2ccccc2F)C1. The molecule has 1 aromatic rings. The summed E-state index contributed by atoms with van der Waals surface area (Å²) in [6.45, 7) is 7.36. The Morgan fingerprint density at radius 3 is 2.94 bits per heavy atom. The lowest BCUT2D eigenvalue weighted by molar-refractivity contribution is 0.338. The molecule has 1 fully saturated rings. The topological polar surface area (TPSA) is 15.3 Å². The van der Waals surface area contributed by atoms with Gasteiger partial charge in [-0.25, -0.2) is 4.39 Å². The van der Waals surface area contributed by atoms with Crippen LogP contribution in [0.2, 0.25) is 0 Å². The molecule has 0 aromatic heterocycles. The number of nitrogens with one attached hydrogen (secondary N) is 1. The average Bonchev–Trinajstić information content (AvgIpc) is 2.80. The molecule has 1 heterocycles. The van der Waals surface area contributed by atoms with Crippen LogP contribution in [0.4, 0.5) is 4.39 Å². The summed E-state index contributed by atoms with van der Waals surface area (Å²) < 4.78 is 13.4. The molecule has 3 heteroatoms. The van der Waals surface area contributed by atoms with Crippen LogP contribution in [0.3, 0.4) is 0 Å². The first-order valence-corrected chi connectivity index (χ1v) is 6.46. The lowest BCUT2D eigenvalue weighted by Gasteiger charge is -2.13. The maximum absolute atomic E-state index is 13.4. The summed E-state index contributed by atoms with van der Waals surface area (Å²) in [5.41, 5.74) is 0.762. The minimum absolute atomic E-state index is 0.110. The molecular weight excluding hydrogens is 215 g/mol. The Labute approximate surface area is 103 Å². The number of halogens is 1. The largest absolute Gasteiger partial charge is 0.312 e. The van der Waals surface area contributed by atoms with E-state index in [1.54, 1.807) is 6.07 Å². The second-order valence-electron chi connectivity index (χ2n) is 4.77. The van der Waals surface area contributed by atoms with Crippen molar-refractivity contribution in [2.75, 3.05) is 26.2 Å². The Morgan fingerprint density at radius 2 is 2.24 bits per heavy atom. The second-order valence-corrected chi connectivity index (χ2v) is 4.77. The molecule has 0 spiro atoms. The zero-order valence-electron chi connectivity index (χ0n) is 10.5. The quantitative estimate of drug-likeness (QED) is 0.843. The number of nitrogens with zero attached hydrogens (tertiary/aromatic N) is 1. The highest BCUT2D eigenvalue weighted by Gasteiger charge is 2.20. The van der Waals surface area contributed by atoms with E-state index >= 15 is 0 Å². The molecule has 1 saturated heterocycles. The molecule has 1 atom stereocenters. The van der Waals surface area contributed by atoms with E-state index in [1.807, 2.05) is 12.1 Å². The molecule has 0 amide bonds. The highest BCUT2D eigenvalue weighted by Crippen LogP contribution is 2.15. The van der Waals surface area contributed by atoms with Crippen LogP contribution < -0.4 is 5.32 Å². The second kappa shape index (κ2) is 6.12. The molecule has 0 unspecified atom stereocenters. The Morgan fingerprint density at radius 1 is 1.41 bits per heavy atom. The molecule has 0 saturated carbocycles. The molecule has 0 bridgehead atoms. The summed E-state index contributed by atoms with van der Waals surface area (Å²) in [6, 6.07) is 6.98. The third kappa shape index (κ3) is 3.51. The van der Waals surface area contributed by atoms with Crippen LogP contribution in [0.25, 0.3) is 0 Å². The minimum atomic E-state index is -0.110. The molecule has 0 aliphatic carbocycles. The number of likely N-dealkylation sites (tertiary alicyclic amines) is 1. The van der Waals surface area contributed by atoms with Crippen LogP contribution in [0.15, 0.2) is 24.3 Å². The molecular formula is C14H21FN2. The molecule has 1 aliphatic heterocycles. The number of benzene rings is 1. The minimum Gasteiger partial charge on any atom is -0.312 e. The van der Waals surface area contributed by atoms with E-state index in [0.29, 0.717) is 6.54 Å². The van der Waals surface area contributed by atoms with Crippen molar-refractivity contribution < 1.29 is 4.39 Å².